The van der Waals surface area contributed by atoms with Crippen LogP contribution in [-0.4, -0.2) is 27.2 Å². The molecular formula is C27H23ClN4O2. The van der Waals surface area contributed by atoms with E-state index in [1.165, 1.54) is 4.68 Å². The number of aryl methyl sites for hydroxylation is 1. The van der Waals surface area contributed by atoms with E-state index < -0.39 is 0 Å². The third-order valence-electron chi connectivity index (χ3n) is 6.14. The van der Waals surface area contributed by atoms with Crippen LogP contribution in [0.5, 0.6) is 0 Å². The number of fused-ring (bicyclic) bond motifs is 2. The van der Waals surface area contributed by atoms with Crippen LogP contribution >= 0.6 is 11.6 Å². The van der Waals surface area contributed by atoms with Crippen LogP contribution in [0.15, 0.2) is 83.8 Å². The number of H-pyrrole nitrogens is 1. The molecule has 170 valence electrons. The first-order chi connectivity index (χ1) is 16.5. The summed E-state index contributed by atoms with van der Waals surface area (Å²) in [6.07, 6.45) is 2.05. The number of hydrogen-bond acceptors (Lipinski definition) is 3. The topological polar surface area (TPSA) is 79.8 Å². The zero-order chi connectivity index (χ0) is 23.7. The quantitative estimate of drug-likeness (QED) is 0.382. The minimum Gasteiger partial charge on any atom is -0.361 e. The second kappa shape index (κ2) is 9.15. The van der Waals surface area contributed by atoms with Crippen molar-refractivity contribution in [3.63, 3.8) is 0 Å². The first-order valence-electron chi connectivity index (χ1n) is 11.0. The van der Waals surface area contributed by atoms with Crippen molar-refractivity contribution in [2.75, 3.05) is 6.54 Å². The summed E-state index contributed by atoms with van der Waals surface area (Å²) < 4.78 is 1.28. The maximum atomic E-state index is 13.0. The van der Waals surface area contributed by atoms with Gasteiger partial charge in [0.1, 0.15) is 0 Å². The van der Waals surface area contributed by atoms with Gasteiger partial charge in [0, 0.05) is 47.0 Å². The summed E-state index contributed by atoms with van der Waals surface area (Å²) in [4.78, 5) is 28.7. The van der Waals surface area contributed by atoms with E-state index in [2.05, 4.69) is 21.5 Å². The average Bonchev–Trinajstić information content (AvgIpc) is 3.28. The molecule has 1 unspecified atom stereocenters. The zero-order valence-corrected chi connectivity index (χ0v) is 19.3. The minimum atomic E-state index is -0.183. The van der Waals surface area contributed by atoms with Gasteiger partial charge in [-0.15, -0.1) is 0 Å². The molecule has 2 N–H and O–H groups in total. The van der Waals surface area contributed by atoms with Crippen molar-refractivity contribution < 1.29 is 4.79 Å². The number of aromatic amines is 1. The Balaban J connectivity index is 1.44. The number of benzene rings is 3. The van der Waals surface area contributed by atoms with Crippen LogP contribution in [0.4, 0.5) is 0 Å². The Labute approximate surface area is 201 Å². The van der Waals surface area contributed by atoms with Crippen molar-refractivity contribution in [3.8, 4) is 0 Å². The highest BCUT2D eigenvalue weighted by molar-refractivity contribution is 6.31. The van der Waals surface area contributed by atoms with Gasteiger partial charge in [-0.3, -0.25) is 9.59 Å². The Hall–Kier alpha value is -3.90. The standard InChI is InChI=1S/C27H23ClN4O2/c1-32-27(34)20-11-3-2-9-18(20)25(31-32)14-26(33)30-16-21(17-8-4-6-12-23(17)28)22-15-29-24-13-7-5-10-19(22)24/h2-13,15,21,29H,14,16H2,1H3,(H,30,33). The van der Waals surface area contributed by atoms with Crippen LogP contribution in [0.3, 0.4) is 0 Å². The van der Waals surface area contributed by atoms with Gasteiger partial charge in [-0.1, -0.05) is 66.2 Å². The van der Waals surface area contributed by atoms with E-state index in [4.69, 9.17) is 11.6 Å². The van der Waals surface area contributed by atoms with Crippen molar-refractivity contribution in [3.05, 3.63) is 111 Å². The number of amides is 1. The van der Waals surface area contributed by atoms with E-state index in [0.717, 1.165) is 22.0 Å². The molecule has 0 bridgehead atoms. The molecule has 7 heteroatoms. The fraction of sp³-hybridized carbons (Fsp3) is 0.148. The third-order valence-corrected chi connectivity index (χ3v) is 6.49. The van der Waals surface area contributed by atoms with Gasteiger partial charge >= 0.3 is 0 Å². The maximum absolute atomic E-state index is 13.0. The Morgan fingerprint density at radius 2 is 1.65 bits per heavy atom. The second-order valence-corrected chi connectivity index (χ2v) is 8.67. The molecule has 34 heavy (non-hydrogen) atoms. The highest BCUT2D eigenvalue weighted by Gasteiger charge is 2.22. The molecule has 5 rings (SSSR count). The molecule has 0 aliphatic rings. The average molecular weight is 471 g/mol. The van der Waals surface area contributed by atoms with E-state index in [-0.39, 0.29) is 23.8 Å². The summed E-state index contributed by atoms with van der Waals surface area (Å²) in [7, 11) is 1.60. The number of nitrogens with one attached hydrogen (secondary N) is 2. The maximum Gasteiger partial charge on any atom is 0.274 e. The number of nitrogens with zero attached hydrogens (tertiary/aromatic N) is 2. The van der Waals surface area contributed by atoms with Gasteiger partial charge in [0.2, 0.25) is 5.91 Å². The smallest absolute Gasteiger partial charge is 0.274 e. The third kappa shape index (κ3) is 4.08. The number of hydrogen-bond donors (Lipinski definition) is 2. The van der Waals surface area contributed by atoms with Gasteiger partial charge in [0.05, 0.1) is 17.5 Å². The fourth-order valence-electron chi connectivity index (χ4n) is 4.46. The van der Waals surface area contributed by atoms with E-state index in [9.17, 15) is 9.59 Å². The number of rotatable bonds is 6. The molecule has 2 aromatic heterocycles. The molecule has 0 saturated heterocycles. The monoisotopic (exact) mass is 470 g/mol. The molecule has 2 heterocycles. The SMILES string of the molecule is Cn1nc(CC(=O)NCC(c2ccccc2Cl)c2c[nH]c3ccccc23)c2ccccc2c1=O. The summed E-state index contributed by atoms with van der Waals surface area (Å²) in [6, 6.07) is 23.0. The second-order valence-electron chi connectivity index (χ2n) is 8.27. The van der Waals surface area contributed by atoms with Gasteiger partial charge in [-0.25, -0.2) is 4.68 Å². The summed E-state index contributed by atoms with van der Waals surface area (Å²) in [5.41, 5.74) is 3.42. The predicted molar refractivity (Wildman–Crippen MR) is 135 cm³/mol. The van der Waals surface area contributed by atoms with Crippen molar-refractivity contribution in [1.29, 1.82) is 0 Å². The van der Waals surface area contributed by atoms with Gasteiger partial charge in [-0.2, -0.15) is 5.10 Å². The summed E-state index contributed by atoms with van der Waals surface area (Å²) in [5.74, 6) is -0.313. The van der Waals surface area contributed by atoms with Crippen molar-refractivity contribution in [2.45, 2.75) is 12.3 Å². The molecule has 0 spiro atoms. The van der Waals surface area contributed by atoms with E-state index >= 15 is 0 Å². The molecule has 0 aliphatic carbocycles. The number of carbonyl (C=O) groups is 1. The van der Waals surface area contributed by atoms with Gasteiger partial charge in [0.15, 0.2) is 0 Å². The van der Waals surface area contributed by atoms with Crippen LogP contribution in [-0.2, 0) is 18.3 Å². The van der Waals surface area contributed by atoms with Crippen LogP contribution < -0.4 is 10.9 Å². The lowest BCUT2D eigenvalue weighted by Crippen LogP contribution is -2.31. The normalized spacial score (nSPS) is 12.2. The number of para-hydroxylation sites is 1. The Bertz CT molecular complexity index is 1570. The molecule has 0 fully saturated rings. The lowest BCUT2D eigenvalue weighted by atomic mass is 9.90. The van der Waals surface area contributed by atoms with Crippen LogP contribution in [0.25, 0.3) is 21.7 Å². The van der Waals surface area contributed by atoms with Gasteiger partial charge < -0.3 is 10.3 Å². The highest BCUT2D eigenvalue weighted by Crippen LogP contribution is 2.34. The van der Waals surface area contributed by atoms with Crippen molar-refractivity contribution in [1.82, 2.24) is 20.1 Å². The molecule has 1 atom stereocenters. The summed E-state index contributed by atoms with van der Waals surface area (Å²) in [5, 5.41) is 10.4. The van der Waals surface area contributed by atoms with Crippen LogP contribution in [0.1, 0.15) is 22.7 Å². The van der Waals surface area contributed by atoms with E-state index in [1.54, 1.807) is 13.1 Å². The van der Waals surface area contributed by atoms with E-state index in [0.29, 0.717) is 28.0 Å². The summed E-state index contributed by atoms with van der Waals surface area (Å²) in [6.45, 7) is 0.369. The molecule has 3 aromatic carbocycles. The summed E-state index contributed by atoms with van der Waals surface area (Å²) >= 11 is 6.56. The Kier molecular flexibility index (Phi) is 5.90. The fourth-order valence-corrected chi connectivity index (χ4v) is 4.73. The van der Waals surface area contributed by atoms with Gasteiger partial charge in [-0.05, 0) is 29.3 Å². The first-order valence-corrected chi connectivity index (χ1v) is 11.4. The zero-order valence-electron chi connectivity index (χ0n) is 18.6. The molecule has 1 amide bonds. The molecular weight excluding hydrogens is 448 g/mol. The minimum absolute atomic E-state index is 0.0672. The largest absolute Gasteiger partial charge is 0.361 e. The lowest BCUT2D eigenvalue weighted by molar-refractivity contribution is -0.120. The lowest BCUT2D eigenvalue weighted by Gasteiger charge is -2.19. The van der Waals surface area contributed by atoms with Crippen molar-refractivity contribution >= 4 is 39.2 Å². The number of aromatic nitrogens is 3. The molecule has 0 radical (unpaired) electrons. The highest BCUT2D eigenvalue weighted by atomic mass is 35.5. The predicted octanol–water partition coefficient (Wildman–Crippen LogP) is 4.56. The van der Waals surface area contributed by atoms with Crippen LogP contribution in [0.2, 0.25) is 5.02 Å². The molecule has 6 nitrogen and oxygen atoms in total. The molecule has 0 saturated carbocycles. The van der Waals surface area contributed by atoms with E-state index in [1.807, 2.05) is 66.9 Å². The Morgan fingerprint density at radius 3 is 2.44 bits per heavy atom. The van der Waals surface area contributed by atoms with Crippen LogP contribution in [0, 0.1) is 0 Å². The van der Waals surface area contributed by atoms with Crippen molar-refractivity contribution in [2.24, 2.45) is 7.05 Å². The molecule has 0 aliphatic heterocycles. The molecule has 5 aromatic rings. The number of halogens is 1. The Morgan fingerprint density at radius 1 is 0.971 bits per heavy atom. The number of carbonyl (C=O) groups excluding carboxylic acids is 1. The van der Waals surface area contributed by atoms with Gasteiger partial charge in [0.25, 0.3) is 5.56 Å². The first kappa shape index (κ1) is 21.9.